The summed E-state index contributed by atoms with van der Waals surface area (Å²) >= 11 is 2.10. The standard InChI is InChI=1S/C12H26S3/c1-9(2)13-11(5)7-8-12(6)15-14-10(3)4/h9-12H,7-8H2,1-6H3. The van der Waals surface area contributed by atoms with Gasteiger partial charge in [-0.25, -0.2) is 0 Å². The van der Waals surface area contributed by atoms with Crippen LogP contribution in [-0.4, -0.2) is 21.0 Å². The molecule has 0 bridgehead atoms. The first-order valence-corrected chi connectivity index (χ1v) is 9.11. The minimum atomic E-state index is 0.750. The fraction of sp³-hybridized carbons (Fsp3) is 1.00. The molecule has 0 rings (SSSR count). The molecule has 92 valence electrons. The van der Waals surface area contributed by atoms with E-state index in [0.717, 1.165) is 21.0 Å². The first kappa shape index (κ1) is 16.1. The predicted octanol–water partition coefficient (Wildman–Crippen LogP) is 5.48. The van der Waals surface area contributed by atoms with Gasteiger partial charge in [-0.3, -0.25) is 0 Å². The first-order chi connectivity index (χ1) is 6.91. The summed E-state index contributed by atoms with van der Waals surface area (Å²) < 4.78 is 0. The van der Waals surface area contributed by atoms with Gasteiger partial charge < -0.3 is 0 Å². The Morgan fingerprint density at radius 2 is 1.20 bits per heavy atom. The molecule has 0 nitrogen and oxygen atoms in total. The van der Waals surface area contributed by atoms with Gasteiger partial charge in [0, 0.05) is 15.7 Å². The summed E-state index contributed by atoms with van der Waals surface area (Å²) in [4.78, 5) is 0. The quantitative estimate of drug-likeness (QED) is 0.534. The van der Waals surface area contributed by atoms with E-state index in [9.17, 15) is 0 Å². The smallest absolute Gasteiger partial charge is 0.0123 e. The Bertz CT molecular complexity index is 146. The molecule has 0 aliphatic rings. The summed E-state index contributed by atoms with van der Waals surface area (Å²) in [5.41, 5.74) is 0. The number of hydrogen-bond acceptors (Lipinski definition) is 3. The minimum absolute atomic E-state index is 0.750. The third-order valence-corrected chi connectivity index (χ3v) is 6.67. The van der Waals surface area contributed by atoms with E-state index in [-0.39, 0.29) is 0 Å². The summed E-state index contributed by atoms with van der Waals surface area (Å²) in [5, 5.41) is 3.14. The van der Waals surface area contributed by atoms with Crippen LogP contribution in [0.1, 0.15) is 54.4 Å². The van der Waals surface area contributed by atoms with Crippen LogP contribution in [0.25, 0.3) is 0 Å². The van der Waals surface area contributed by atoms with E-state index in [0.29, 0.717) is 0 Å². The van der Waals surface area contributed by atoms with Crippen LogP contribution in [0.4, 0.5) is 0 Å². The van der Waals surface area contributed by atoms with Crippen molar-refractivity contribution in [1.82, 2.24) is 0 Å². The van der Waals surface area contributed by atoms with Gasteiger partial charge in [-0.05, 0) is 18.1 Å². The van der Waals surface area contributed by atoms with Gasteiger partial charge in [-0.2, -0.15) is 11.8 Å². The van der Waals surface area contributed by atoms with Crippen LogP contribution >= 0.6 is 33.3 Å². The molecule has 0 spiro atoms. The second-order valence-electron chi connectivity index (χ2n) is 4.62. The maximum Gasteiger partial charge on any atom is 0.0123 e. The predicted molar refractivity (Wildman–Crippen MR) is 81.2 cm³/mol. The van der Waals surface area contributed by atoms with E-state index in [2.05, 4.69) is 64.1 Å². The molecule has 0 saturated heterocycles. The van der Waals surface area contributed by atoms with E-state index in [1.807, 2.05) is 10.8 Å². The van der Waals surface area contributed by atoms with E-state index < -0.39 is 0 Å². The van der Waals surface area contributed by atoms with Crippen LogP contribution < -0.4 is 0 Å². The van der Waals surface area contributed by atoms with E-state index >= 15 is 0 Å². The summed E-state index contributed by atoms with van der Waals surface area (Å²) in [7, 11) is 4.07. The number of thioether (sulfide) groups is 1. The maximum absolute atomic E-state index is 2.36. The lowest BCUT2D eigenvalue weighted by atomic mass is 10.2. The molecule has 0 aromatic heterocycles. The fourth-order valence-electron chi connectivity index (χ4n) is 1.26. The molecule has 0 aliphatic heterocycles. The molecule has 0 N–H and O–H groups in total. The highest BCUT2D eigenvalue weighted by atomic mass is 33.1. The molecular weight excluding hydrogens is 240 g/mol. The van der Waals surface area contributed by atoms with Crippen LogP contribution in [0.3, 0.4) is 0 Å². The molecule has 0 radical (unpaired) electrons. The topological polar surface area (TPSA) is 0 Å². The average molecular weight is 267 g/mol. The zero-order valence-electron chi connectivity index (χ0n) is 10.9. The zero-order valence-corrected chi connectivity index (χ0v) is 13.4. The summed E-state index contributed by atoms with van der Waals surface area (Å²) in [5.74, 6) is 0. The molecule has 0 aliphatic carbocycles. The van der Waals surface area contributed by atoms with Crippen molar-refractivity contribution >= 4 is 33.3 Å². The average Bonchev–Trinajstić information content (AvgIpc) is 2.10. The van der Waals surface area contributed by atoms with Crippen LogP contribution in [0, 0.1) is 0 Å². The monoisotopic (exact) mass is 266 g/mol. The van der Waals surface area contributed by atoms with Crippen LogP contribution in [0.2, 0.25) is 0 Å². The van der Waals surface area contributed by atoms with Crippen LogP contribution in [-0.2, 0) is 0 Å². The highest BCUT2D eigenvalue weighted by molar-refractivity contribution is 8.77. The van der Waals surface area contributed by atoms with Crippen molar-refractivity contribution in [3.63, 3.8) is 0 Å². The fourth-order valence-corrected chi connectivity index (χ4v) is 4.63. The Morgan fingerprint density at radius 1 is 0.667 bits per heavy atom. The number of hydrogen-bond donors (Lipinski definition) is 0. The maximum atomic E-state index is 2.36. The van der Waals surface area contributed by atoms with Crippen LogP contribution in [0.15, 0.2) is 0 Å². The van der Waals surface area contributed by atoms with Gasteiger partial charge in [0.2, 0.25) is 0 Å². The third kappa shape index (κ3) is 11.3. The Morgan fingerprint density at radius 3 is 1.67 bits per heavy atom. The SMILES string of the molecule is CC(C)SSC(C)CCC(C)SC(C)C. The van der Waals surface area contributed by atoms with Crippen molar-refractivity contribution in [2.24, 2.45) is 0 Å². The number of rotatable bonds is 8. The lowest BCUT2D eigenvalue weighted by Gasteiger charge is -2.17. The normalized spacial score (nSPS) is 16.0. The molecule has 0 aromatic carbocycles. The van der Waals surface area contributed by atoms with E-state index in [4.69, 9.17) is 0 Å². The Labute approximate surface area is 109 Å². The highest BCUT2D eigenvalue weighted by Gasteiger charge is 2.09. The zero-order chi connectivity index (χ0) is 11.8. The minimum Gasteiger partial charge on any atom is -0.156 e. The van der Waals surface area contributed by atoms with Crippen molar-refractivity contribution in [3.05, 3.63) is 0 Å². The molecule has 2 unspecified atom stereocenters. The molecule has 0 aromatic rings. The van der Waals surface area contributed by atoms with Gasteiger partial charge in [0.15, 0.2) is 0 Å². The summed E-state index contributed by atoms with van der Waals surface area (Å²) in [6.45, 7) is 13.8. The van der Waals surface area contributed by atoms with Gasteiger partial charge in [0.05, 0.1) is 0 Å². The first-order valence-electron chi connectivity index (χ1n) is 5.89. The van der Waals surface area contributed by atoms with Gasteiger partial charge >= 0.3 is 0 Å². The van der Waals surface area contributed by atoms with Crippen LogP contribution in [0.5, 0.6) is 0 Å². The van der Waals surface area contributed by atoms with Crippen molar-refractivity contribution < 1.29 is 0 Å². The molecular formula is C12H26S3. The highest BCUT2D eigenvalue weighted by Crippen LogP contribution is 2.33. The van der Waals surface area contributed by atoms with Crippen molar-refractivity contribution in [1.29, 1.82) is 0 Å². The summed E-state index contributed by atoms with van der Waals surface area (Å²) in [6, 6.07) is 0. The van der Waals surface area contributed by atoms with Gasteiger partial charge in [0.25, 0.3) is 0 Å². The van der Waals surface area contributed by atoms with Crippen molar-refractivity contribution in [3.8, 4) is 0 Å². The third-order valence-electron chi connectivity index (χ3n) is 1.90. The lowest BCUT2D eigenvalue weighted by molar-refractivity contribution is 0.725. The summed E-state index contributed by atoms with van der Waals surface area (Å²) in [6.07, 6.45) is 2.71. The largest absolute Gasteiger partial charge is 0.156 e. The van der Waals surface area contributed by atoms with Crippen molar-refractivity contribution in [2.75, 3.05) is 0 Å². The molecule has 15 heavy (non-hydrogen) atoms. The molecule has 0 saturated carbocycles. The Balaban J connectivity index is 3.48. The molecule has 3 heteroatoms. The lowest BCUT2D eigenvalue weighted by Crippen LogP contribution is -2.05. The molecule has 0 heterocycles. The van der Waals surface area contributed by atoms with Crippen molar-refractivity contribution in [2.45, 2.75) is 75.4 Å². The molecule has 0 fully saturated rings. The Kier molecular flexibility index (Phi) is 9.76. The molecule has 0 amide bonds. The van der Waals surface area contributed by atoms with Gasteiger partial charge in [-0.15, -0.1) is 0 Å². The van der Waals surface area contributed by atoms with Gasteiger partial charge in [0.1, 0.15) is 0 Å². The van der Waals surface area contributed by atoms with E-state index in [1.165, 1.54) is 12.8 Å². The van der Waals surface area contributed by atoms with Gasteiger partial charge in [-0.1, -0.05) is 63.1 Å². The Hall–Kier alpha value is 1.05. The second-order valence-corrected chi connectivity index (χ2v) is 9.93. The van der Waals surface area contributed by atoms with E-state index in [1.54, 1.807) is 0 Å². The second kappa shape index (κ2) is 9.12. The molecule has 2 atom stereocenters.